The molecule has 0 aromatic heterocycles. The van der Waals surface area contributed by atoms with E-state index < -0.39 is 10.0 Å². The van der Waals surface area contributed by atoms with Crippen molar-refractivity contribution in [2.45, 2.75) is 18.4 Å². The summed E-state index contributed by atoms with van der Waals surface area (Å²) >= 11 is 3.50. The minimum Gasteiger partial charge on any atom is -0.493 e. The first-order chi connectivity index (χ1) is 16.4. The summed E-state index contributed by atoms with van der Waals surface area (Å²) in [5, 5.41) is 3.90. The topological polar surface area (TPSA) is 95.5 Å². The molecule has 0 aliphatic carbocycles. The number of nitrogens with zero attached hydrogens (tertiary/aromatic N) is 1. The van der Waals surface area contributed by atoms with Gasteiger partial charge >= 0.3 is 0 Å². The van der Waals surface area contributed by atoms with Gasteiger partial charge in [-0.05, 0) is 58.2 Å². The lowest BCUT2D eigenvalue weighted by atomic mass is 10.2. The predicted octanol–water partition coefficient (Wildman–Crippen LogP) is 4.43. The molecule has 178 valence electrons. The van der Waals surface area contributed by atoms with Gasteiger partial charge in [0.1, 0.15) is 19.8 Å². The van der Waals surface area contributed by atoms with E-state index in [1.165, 1.54) is 31.0 Å². The van der Waals surface area contributed by atoms with Gasteiger partial charge in [0.05, 0.1) is 22.7 Å². The number of benzene rings is 3. The first kappa shape index (κ1) is 23.9. The van der Waals surface area contributed by atoms with Crippen LogP contribution in [-0.2, 0) is 16.6 Å². The molecule has 1 heterocycles. The van der Waals surface area contributed by atoms with Crippen molar-refractivity contribution >= 4 is 32.2 Å². The van der Waals surface area contributed by atoms with Gasteiger partial charge in [-0.1, -0.05) is 29.8 Å². The van der Waals surface area contributed by atoms with E-state index in [0.29, 0.717) is 52.9 Å². The average Bonchev–Trinajstić information content (AvgIpc) is 2.83. The summed E-state index contributed by atoms with van der Waals surface area (Å²) in [6.07, 6.45) is 1.38. The summed E-state index contributed by atoms with van der Waals surface area (Å²) in [5.74, 6) is 1.91. The molecule has 1 aliphatic heterocycles. The molecule has 0 amide bonds. The largest absolute Gasteiger partial charge is 0.493 e. The number of sulfonamides is 1. The molecule has 34 heavy (non-hydrogen) atoms. The van der Waals surface area contributed by atoms with E-state index >= 15 is 0 Å². The molecule has 0 spiro atoms. The van der Waals surface area contributed by atoms with E-state index in [0.717, 1.165) is 5.56 Å². The second-order valence-corrected chi connectivity index (χ2v) is 9.98. The molecule has 0 radical (unpaired) electrons. The highest BCUT2D eigenvalue weighted by molar-refractivity contribution is 9.10. The summed E-state index contributed by atoms with van der Waals surface area (Å²) in [6, 6.07) is 15.9. The zero-order valence-electron chi connectivity index (χ0n) is 18.6. The summed E-state index contributed by atoms with van der Waals surface area (Å²) < 4.78 is 48.2. The third-order valence-electron chi connectivity index (χ3n) is 4.97. The standard InChI is InChI=1S/C24H23BrN2O6S/c1-16-3-5-17(6-4-16)15-33-24-20(25)11-18(12-23(24)30-2)14-26-27-34(28,29)19-7-8-21-22(13-19)32-10-9-31-21/h3-8,11-14,27H,9-10,15H2,1-2H3/b26-14-. The maximum absolute atomic E-state index is 12.6. The van der Waals surface area contributed by atoms with Gasteiger partial charge in [-0.25, -0.2) is 4.83 Å². The first-order valence-electron chi connectivity index (χ1n) is 10.4. The molecule has 1 N–H and O–H groups in total. The van der Waals surface area contributed by atoms with E-state index in [1.807, 2.05) is 31.2 Å². The maximum Gasteiger partial charge on any atom is 0.276 e. The monoisotopic (exact) mass is 546 g/mol. The van der Waals surface area contributed by atoms with Gasteiger partial charge in [0.2, 0.25) is 0 Å². The molecule has 1 aliphatic rings. The van der Waals surface area contributed by atoms with Crippen LogP contribution < -0.4 is 23.8 Å². The molecule has 8 nitrogen and oxygen atoms in total. The van der Waals surface area contributed by atoms with Crippen LogP contribution in [0.2, 0.25) is 0 Å². The molecule has 0 saturated heterocycles. The van der Waals surface area contributed by atoms with E-state index in [-0.39, 0.29) is 4.90 Å². The number of methoxy groups -OCH3 is 1. The Labute approximate surface area is 206 Å². The van der Waals surface area contributed by atoms with Crippen molar-refractivity contribution in [2.24, 2.45) is 5.10 Å². The Morgan fingerprint density at radius 1 is 1.06 bits per heavy atom. The zero-order valence-corrected chi connectivity index (χ0v) is 21.0. The molecule has 0 atom stereocenters. The Kier molecular flexibility index (Phi) is 7.28. The van der Waals surface area contributed by atoms with Crippen molar-refractivity contribution in [3.63, 3.8) is 0 Å². The zero-order chi connectivity index (χ0) is 24.1. The Bertz CT molecular complexity index is 1310. The lowest BCUT2D eigenvalue weighted by Crippen LogP contribution is -2.20. The number of rotatable bonds is 8. The van der Waals surface area contributed by atoms with Gasteiger partial charge in [-0.3, -0.25) is 0 Å². The molecule has 0 fully saturated rings. The van der Waals surface area contributed by atoms with Crippen molar-refractivity contribution in [3.05, 3.63) is 75.8 Å². The summed E-state index contributed by atoms with van der Waals surface area (Å²) in [6.45, 7) is 3.19. The van der Waals surface area contributed by atoms with Crippen LogP contribution in [0.4, 0.5) is 0 Å². The maximum atomic E-state index is 12.6. The van der Waals surface area contributed by atoms with Crippen LogP contribution in [0, 0.1) is 6.92 Å². The number of hydrogen-bond donors (Lipinski definition) is 1. The van der Waals surface area contributed by atoms with Crippen LogP contribution in [0.25, 0.3) is 0 Å². The van der Waals surface area contributed by atoms with Crippen LogP contribution in [0.15, 0.2) is 69.1 Å². The van der Waals surface area contributed by atoms with Crippen LogP contribution in [-0.4, -0.2) is 35.0 Å². The molecular weight excluding hydrogens is 524 g/mol. The van der Waals surface area contributed by atoms with Gasteiger partial charge in [0, 0.05) is 6.07 Å². The van der Waals surface area contributed by atoms with Crippen LogP contribution >= 0.6 is 15.9 Å². The van der Waals surface area contributed by atoms with E-state index in [9.17, 15) is 8.42 Å². The van der Waals surface area contributed by atoms with E-state index in [1.54, 1.807) is 18.2 Å². The van der Waals surface area contributed by atoms with Gasteiger partial charge in [0.15, 0.2) is 23.0 Å². The van der Waals surface area contributed by atoms with Crippen molar-refractivity contribution < 1.29 is 27.4 Å². The molecule has 10 heteroatoms. The molecule has 3 aromatic carbocycles. The minimum absolute atomic E-state index is 0.0208. The summed E-state index contributed by atoms with van der Waals surface area (Å²) in [7, 11) is -2.36. The Hall–Kier alpha value is -3.24. The first-order valence-corrected chi connectivity index (χ1v) is 12.6. The highest BCUT2D eigenvalue weighted by atomic mass is 79.9. The SMILES string of the molecule is COc1cc(/C=N\NS(=O)(=O)c2ccc3c(c2)OCCO3)cc(Br)c1OCc1ccc(C)cc1. The molecule has 0 unspecified atom stereocenters. The van der Waals surface area contributed by atoms with Gasteiger partial charge in [0.25, 0.3) is 10.0 Å². The van der Waals surface area contributed by atoms with Gasteiger partial charge in [-0.15, -0.1) is 0 Å². The van der Waals surface area contributed by atoms with Crippen LogP contribution in [0.3, 0.4) is 0 Å². The lowest BCUT2D eigenvalue weighted by Gasteiger charge is -2.18. The normalized spacial score (nSPS) is 13.0. The summed E-state index contributed by atoms with van der Waals surface area (Å²) in [5.41, 5.74) is 2.81. The fraction of sp³-hybridized carbons (Fsp3) is 0.208. The quantitative estimate of drug-likeness (QED) is 0.331. The van der Waals surface area contributed by atoms with Gasteiger partial charge < -0.3 is 18.9 Å². The van der Waals surface area contributed by atoms with E-state index in [4.69, 9.17) is 18.9 Å². The summed E-state index contributed by atoms with van der Waals surface area (Å²) in [4.78, 5) is 2.23. The van der Waals surface area contributed by atoms with Crippen molar-refractivity contribution in [3.8, 4) is 23.0 Å². The number of aryl methyl sites for hydroxylation is 1. The van der Waals surface area contributed by atoms with Crippen molar-refractivity contribution in [1.82, 2.24) is 4.83 Å². The number of hydrazone groups is 1. The Balaban J connectivity index is 1.46. The third-order valence-corrected chi connectivity index (χ3v) is 6.78. The predicted molar refractivity (Wildman–Crippen MR) is 132 cm³/mol. The molecule has 0 bridgehead atoms. The van der Waals surface area contributed by atoms with Crippen molar-refractivity contribution in [2.75, 3.05) is 20.3 Å². The molecule has 0 saturated carbocycles. The third kappa shape index (κ3) is 5.63. The number of nitrogens with one attached hydrogen (secondary N) is 1. The minimum atomic E-state index is -3.89. The highest BCUT2D eigenvalue weighted by Gasteiger charge is 2.19. The van der Waals surface area contributed by atoms with Gasteiger partial charge in [-0.2, -0.15) is 13.5 Å². The molecular formula is C24H23BrN2O6S. The second-order valence-electron chi connectivity index (χ2n) is 7.47. The number of halogens is 1. The number of ether oxygens (including phenoxy) is 4. The average molecular weight is 547 g/mol. The molecule has 3 aromatic rings. The Morgan fingerprint density at radius 3 is 2.53 bits per heavy atom. The smallest absolute Gasteiger partial charge is 0.276 e. The Morgan fingerprint density at radius 2 is 1.79 bits per heavy atom. The fourth-order valence-electron chi connectivity index (χ4n) is 3.21. The van der Waals surface area contributed by atoms with Crippen LogP contribution in [0.1, 0.15) is 16.7 Å². The lowest BCUT2D eigenvalue weighted by molar-refractivity contribution is 0.171. The number of hydrogen-bond acceptors (Lipinski definition) is 7. The van der Waals surface area contributed by atoms with Crippen molar-refractivity contribution in [1.29, 1.82) is 0 Å². The molecule has 4 rings (SSSR count). The number of fused-ring (bicyclic) bond motifs is 1. The highest BCUT2D eigenvalue weighted by Crippen LogP contribution is 2.37. The van der Waals surface area contributed by atoms with Crippen LogP contribution in [0.5, 0.6) is 23.0 Å². The van der Waals surface area contributed by atoms with E-state index in [2.05, 4.69) is 25.9 Å². The second kappa shape index (κ2) is 10.4. The fourth-order valence-corrected chi connectivity index (χ4v) is 4.59.